The van der Waals surface area contributed by atoms with Crippen molar-refractivity contribution < 1.29 is 4.79 Å². The number of hydrazine groups is 1. The number of nitrogens with zero attached hydrogens (tertiary/aromatic N) is 2. The van der Waals surface area contributed by atoms with Crippen LogP contribution in [-0.2, 0) is 4.79 Å². The number of nitrogens with one attached hydrogen (secondary N) is 1. The summed E-state index contributed by atoms with van der Waals surface area (Å²) in [4.78, 5) is 14.1. The topological polar surface area (TPSA) is 35.6 Å². The number of piperazine rings is 1. The number of hydrogen-bond acceptors (Lipinski definition) is 3. The normalized spacial score (nSPS) is 17.6. The summed E-state index contributed by atoms with van der Waals surface area (Å²) in [7, 11) is 2.07. The zero-order valence-electron chi connectivity index (χ0n) is 11.3. The van der Waals surface area contributed by atoms with Crippen molar-refractivity contribution in [3.63, 3.8) is 0 Å². The number of halogens is 2. The van der Waals surface area contributed by atoms with Crippen LogP contribution in [-0.4, -0.2) is 49.0 Å². The van der Waals surface area contributed by atoms with E-state index in [0.717, 1.165) is 26.2 Å². The van der Waals surface area contributed by atoms with Gasteiger partial charge in [0.05, 0.1) is 0 Å². The molecule has 0 atom stereocenters. The van der Waals surface area contributed by atoms with E-state index in [0.29, 0.717) is 15.6 Å². The molecule has 1 fully saturated rings. The van der Waals surface area contributed by atoms with Crippen LogP contribution in [0.3, 0.4) is 0 Å². The van der Waals surface area contributed by atoms with Crippen molar-refractivity contribution in [3.05, 3.63) is 39.9 Å². The molecule has 4 nitrogen and oxygen atoms in total. The molecule has 6 heteroatoms. The van der Waals surface area contributed by atoms with Gasteiger partial charge in [-0.3, -0.25) is 10.2 Å². The molecule has 1 aliphatic heterocycles. The fraction of sp³-hybridized carbons (Fsp3) is 0.357. The first kappa shape index (κ1) is 15.3. The molecule has 0 aromatic heterocycles. The van der Waals surface area contributed by atoms with Crippen molar-refractivity contribution in [2.24, 2.45) is 0 Å². The van der Waals surface area contributed by atoms with E-state index in [1.165, 1.54) is 6.08 Å². The third-order valence-corrected chi connectivity index (χ3v) is 3.83. The molecule has 20 heavy (non-hydrogen) atoms. The molecule has 1 saturated heterocycles. The second-order valence-corrected chi connectivity index (χ2v) is 5.55. The quantitative estimate of drug-likeness (QED) is 0.870. The van der Waals surface area contributed by atoms with Gasteiger partial charge in [-0.15, -0.1) is 0 Å². The molecule has 1 amide bonds. The predicted octanol–water partition coefficient (Wildman–Crippen LogP) is 2.29. The largest absolute Gasteiger partial charge is 0.304 e. The van der Waals surface area contributed by atoms with Crippen LogP contribution in [0, 0.1) is 0 Å². The van der Waals surface area contributed by atoms with Gasteiger partial charge in [0.25, 0.3) is 5.91 Å². The van der Waals surface area contributed by atoms with Crippen LogP contribution in [0.2, 0.25) is 10.0 Å². The molecule has 0 bridgehead atoms. The minimum absolute atomic E-state index is 0.175. The lowest BCUT2D eigenvalue weighted by Crippen LogP contribution is -2.52. The lowest BCUT2D eigenvalue weighted by Gasteiger charge is -2.31. The average molecular weight is 314 g/mol. The standard InChI is InChI=1S/C14H17Cl2N3O/c1-18-7-9-19(10-8-18)17-14(20)6-5-11-12(15)3-2-4-13(11)16/h2-6H,7-10H2,1H3,(H,17,20). The molecule has 1 heterocycles. The van der Waals surface area contributed by atoms with Gasteiger partial charge in [0.2, 0.25) is 0 Å². The van der Waals surface area contributed by atoms with Crippen LogP contribution in [0.1, 0.15) is 5.56 Å². The lowest BCUT2D eigenvalue weighted by molar-refractivity contribution is -0.121. The first-order chi connectivity index (χ1) is 9.56. The van der Waals surface area contributed by atoms with Gasteiger partial charge in [-0.2, -0.15) is 0 Å². The smallest absolute Gasteiger partial charge is 0.258 e. The summed E-state index contributed by atoms with van der Waals surface area (Å²) in [6.45, 7) is 3.53. The Kier molecular flexibility index (Phi) is 5.43. The molecular weight excluding hydrogens is 297 g/mol. The minimum atomic E-state index is -0.175. The van der Waals surface area contributed by atoms with E-state index >= 15 is 0 Å². The van der Waals surface area contributed by atoms with Crippen LogP contribution < -0.4 is 5.43 Å². The molecular formula is C14H17Cl2N3O. The predicted molar refractivity (Wildman–Crippen MR) is 82.7 cm³/mol. The second-order valence-electron chi connectivity index (χ2n) is 4.74. The van der Waals surface area contributed by atoms with Crippen molar-refractivity contribution >= 4 is 35.2 Å². The van der Waals surface area contributed by atoms with E-state index in [9.17, 15) is 4.79 Å². The first-order valence-corrected chi connectivity index (χ1v) is 7.18. The molecule has 2 rings (SSSR count). The molecule has 0 radical (unpaired) electrons. The molecule has 0 spiro atoms. The first-order valence-electron chi connectivity index (χ1n) is 6.42. The highest BCUT2D eigenvalue weighted by atomic mass is 35.5. The summed E-state index contributed by atoms with van der Waals surface area (Å²) in [5.41, 5.74) is 3.50. The fourth-order valence-corrected chi connectivity index (χ4v) is 2.46. The highest BCUT2D eigenvalue weighted by Gasteiger charge is 2.14. The van der Waals surface area contributed by atoms with Gasteiger partial charge in [-0.05, 0) is 25.3 Å². The molecule has 108 valence electrons. The van der Waals surface area contributed by atoms with Crippen LogP contribution in [0.15, 0.2) is 24.3 Å². The number of hydrogen-bond donors (Lipinski definition) is 1. The van der Waals surface area contributed by atoms with E-state index < -0.39 is 0 Å². The highest BCUT2D eigenvalue weighted by Crippen LogP contribution is 2.25. The Morgan fingerprint density at radius 3 is 2.40 bits per heavy atom. The summed E-state index contributed by atoms with van der Waals surface area (Å²) >= 11 is 12.1. The number of benzene rings is 1. The van der Waals surface area contributed by atoms with E-state index in [1.54, 1.807) is 24.3 Å². The van der Waals surface area contributed by atoms with Gasteiger partial charge in [0.1, 0.15) is 0 Å². The minimum Gasteiger partial charge on any atom is -0.304 e. The van der Waals surface area contributed by atoms with E-state index in [4.69, 9.17) is 23.2 Å². The third kappa shape index (κ3) is 4.21. The fourth-order valence-electron chi connectivity index (χ4n) is 1.94. The van der Waals surface area contributed by atoms with Crippen molar-refractivity contribution in [2.75, 3.05) is 33.2 Å². The summed E-state index contributed by atoms with van der Waals surface area (Å²) in [6, 6.07) is 5.25. The monoisotopic (exact) mass is 313 g/mol. The number of likely N-dealkylation sites (N-methyl/N-ethyl adjacent to an activating group) is 1. The van der Waals surface area contributed by atoms with Crippen molar-refractivity contribution in [3.8, 4) is 0 Å². The summed E-state index contributed by atoms with van der Waals surface area (Å²) in [6.07, 6.45) is 3.08. The SMILES string of the molecule is CN1CCN(NC(=O)C=Cc2c(Cl)cccc2Cl)CC1. The van der Waals surface area contributed by atoms with Gasteiger partial charge in [-0.1, -0.05) is 29.3 Å². The Hall–Kier alpha value is -1.07. The Labute approximate surface area is 128 Å². The van der Waals surface area contributed by atoms with E-state index in [-0.39, 0.29) is 5.91 Å². The number of carbonyl (C=O) groups excluding carboxylic acids is 1. The Balaban J connectivity index is 1.92. The summed E-state index contributed by atoms with van der Waals surface area (Å²) < 4.78 is 0. The van der Waals surface area contributed by atoms with Crippen molar-refractivity contribution in [2.45, 2.75) is 0 Å². The number of amides is 1. The van der Waals surface area contributed by atoms with Gasteiger partial charge in [0, 0.05) is 47.9 Å². The van der Waals surface area contributed by atoms with Gasteiger partial charge < -0.3 is 4.90 Å². The lowest BCUT2D eigenvalue weighted by atomic mass is 10.2. The third-order valence-electron chi connectivity index (χ3n) is 3.17. The van der Waals surface area contributed by atoms with Crippen LogP contribution in [0.5, 0.6) is 0 Å². The zero-order valence-corrected chi connectivity index (χ0v) is 12.8. The molecule has 0 saturated carbocycles. The summed E-state index contributed by atoms with van der Waals surface area (Å²) in [5, 5.41) is 2.98. The Morgan fingerprint density at radius 2 is 1.80 bits per heavy atom. The van der Waals surface area contributed by atoms with Crippen molar-refractivity contribution in [1.82, 2.24) is 15.3 Å². The number of rotatable bonds is 3. The van der Waals surface area contributed by atoms with Crippen LogP contribution >= 0.6 is 23.2 Å². The second kappa shape index (κ2) is 7.09. The maximum atomic E-state index is 11.8. The zero-order chi connectivity index (χ0) is 14.5. The molecule has 0 aliphatic carbocycles. The van der Waals surface area contributed by atoms with Crippen LogP contribution in [0.25, 0.3) is 6.08 Å². The number of carbonyl (C=O) groups is 1. The van der Waals surface area contributed by atoms with Gasteiger partial charge in [0.15, 0.2) is 0 Å². The maximum Gasteiger partial charge on any atom is 0.258 e. The van der Waals surface area contributed by atoms with Crippen LogP contribution in [0.4, 0.5) is 0 Å². The maximum absolute atomic E-state index is 11.8. The molecule has 0 unspecified atom stereocenters. The Morgan fingerprint density at radius 1 is 1.20 bits per heavy atom. The molecule has 1 aromatic rings. The average Bonchev–Trinajstić information content (AvgIpc) is 2.41. The molecule has 1 N–H and O–H groups in total. The summed E-state index contributed by atoms with van der Waals surface area (Å²) in [5.74, 6) is -0.175. The van der Waals surface area contributed by atoms with E-state index in [1.807, 2.05) is 5.01 Å². The van der Waals surface area contributed by atoms with E-state index in [2.05, 4.69) is 17.4 Å². The van der Waals surface area contributed by atoms with Crippen molar-refractivity contribution in [1.29, 1.82) is 0 Å². The molecule has 1 aromatic carbocycles. The Bertz CT molecular complexity index is 491. The van der Waals surface area contributed by atoms with Gasteiger partial charge >= 0.3 is 0 Å². The molecule has 1 aliphatic rings. The van der Waals surface area contributed by atoms with Gasteiger partial charge in [-0.25, -0.2) is 5.01 Å². The highest BCUT2D eigenvalue weighted by molar-refractivity contribution is 6.37.